The Hall–Kier alpha value is -2.79. The molecule has 0 spiro atoms. The van der Waals surface area contributed by atoms with Crippen LogP contribution in [0.15, 0.2) is 42.6 Å². The first kappa shape index (κ1) is 17.6. The van der Waals surface area contributed by atoms with Gasteiger partial charge in [-0.1, -0.05) is 17.7 Å². The molecule has 138 valence electrons. The van der Waals surface area contributed by atoms with E-state index >= 15 is 0 Å². The van der Waals surface area contributed by atoms with Crippen LogP contribution in [-0.4, -0.2) is 27.0 Å². The lowest BCUT2D eigenvalue weighted by Crippen LogP contribution is -2.33. The van der Waals surface area contributed by atoms with Gasteiger partial charge in [-0.05, 0) is 69.0 Å². The number of hydrogen-bond donors (Lipinski definition) is 2. The molecule has 4 rings (SSSR count). The number of aromatic nitrogens is 3. The number of rotatable bonds is 4. The summed E-state index contributed by atoms with van der Waals surface area (Å²) in [6.07, 6.45) is 9.93. The normalized spacial score (nSPS) is 20.2. The molecule has 2 heterocycles. The molecule has 0 saturated heterocycles. The molecule has 1 aliphatic carbocycles. The molecular formula is C22H25N5. The van der Waals surface area contributed by atoms with Gasteiger partial charge in [0.15, 0.2) is 5.82 Å². The summed E-state index contributed by atoms with van der Waals surface area (Å²) < 4.78 is 0. The smallest absolute Gasteiger partial charge is 0.155 e. The van der Waals surface area contributed by atoms with Crippen molar-refractivity contribution in [3.05, 3.63) is 59.7 Å². The average Bonchev–Trinajstić information content (AvgIpc) is 2.69. The average molecular weight is 359 g/mol. The third-order valence-electron chi connectivity index (χ3n) is 5.07. The van der Waals surface area contributed by atoms with Gasteiger partial charge in [-0.3, -0.25) is 4.98 Å². The first-order chi connectivity index (χ1) is 13.2. The topological polar surface area (TPSA) is 76.7 Å². The van der Waals surface area contributed by atoms with Gasteiger partial charge in [0.25, 0.3) is 0 Å². The van der Waals surface area contributed by atoms with Crippen LogP contribution < -0.4 is 11.1 Å². The fourth-order valence-electron chi connectivity index (χ4n) is 3.54. The molecule has 5 heteroatoms. The first-order valence-electron chi connectivity index (χ1n) is 9.57. The Bertz CT molecular complexity index is 944. The molecule has 1 saturated carbocycles. The van der Waals surface area contributed by atoms with Crippen molar-refractivity contribution in [3.8, 4) is 0 Å². The molecule has 1 fully saturated rings. The van der Waals surface area contributed by atoms with E-state index in [1.807, 2.05) is 30.4 Å². The van der Waals surface area contributed by atoms with E-state index in [2.05, 4.69) is 35.4 Å². The van der Waals surface area contributed by atoms with Crippen LogP contribution in [0.2, 0.25) is 0 Å². The number of nitrogens with two attached hydrogens (primary N) is 1. The molecule has 0 amide bonds. The Morgan fingerprint density at radius 3 is 2.67 bits per heavy atom. The van der Waals surface area contributed by atoms with Gasteiger partial charge in [0, 0.05) is 23.7 Å². The molecule has 3 N–H and O–H groups in total. The minimum atomic E-state index is 0.337. The summed E-state index contributed by atoms with van der Waals surface area (Å²) in [6.45, 7) is 2.09. The highest BCUT2D eigenvalue weighted by molar-refractivity contribution is 5.90. The van der Waals surface area contributed by atoms with E-state index in [1.54, 1.807) is 6.20 Å². The second-order valence-corrected chi connectivity index (χ2v) is 7.29. The van der Waals surface area contributed by atoms with Gasteiger partial charge >= 0.3 is 0 Å². The van der Waals surface area contributed by atoms with Gasteiger partial charge in [-0.15, -0.1) is 0 Å². The van der Waals surface area contributed by atoms with Gasteiger partial charge < -0.3 is 11.1 Å². The largest absolute Gasteiger partial charge is 0.367 e. The van der Waals surface area contributed by atoms with Gasteiger partial charge in [-0.25, -0.2) is 9.97 Å². The molecule has 0 radical (unpaired) electrons. The molecule has 1 aromatic carbocycles. The van der Waals surface area contributed by atoms with Gasteiger partial charge in [-0.2, -0.15) is 0 Å². The van der Waals surface area contributed by atoms with Crippen LogP contribution in [0.25, 0.3) is 23.1 Å². The highest BCUT2D eigenvalue weighted by Crippen LogP contribution is 2.26. The van der Waals surface area contributed by atoms with E-state index in [0.29, 0.717) is 17.9 Å². The quantitative estimate of drug-likeness (QED) is 0.730. The van der Waals surface area contributed by atoms with E-state index in [-0.39, 0.29) is 0 Å². The van der Waals surface area contributed by atoms with Crippen molar-refractivity contribution in [2.24, 2.45) is 5.73 Å². The zero-order valence-electron chi connectivity index (χ0n) is 15.6. The zero-order valence-corrected chi connectivity index (χ0v) is 15.6. The number of nitrogens with one attached hydrogen (secondary N) is 1. The first-order valence-corrected chi connectivity index (χ1v) is 9.57. The van der Waals surface area contributed by atoms with Crippen LogP contribution in [-0.2, 0) is 0 Å². The van der Waals surface area contributed by atoms with Crippen molar-refractivity contribution in [2.45, 2.75) is 44.7 Å². The number of pyridine rings is 1. The molecule has 1 aliphatic rings. The monoisotopic (exact) mass is 359 g/mol. The van der Waals surface area contributed by atoms with E-state index in [0.717, 1.165) is 48.1 Å². The van der Waals surface area contributed by atoms with Gasteiger partial charge in [0.2, 0.25) is 0 Å². The van der Waals surface area contributed by atoms with Crippen molar-refractivity contribution >= 4 is 28.9 Å². The molecule has 0 unspecified atom stereocenters. The third kappa shape index (κ3) is 4.31. The molecule has 5 nitrogen and oxygen atoms in total. The number of benzene rings is 1. The maximum Gasteiger partial charge on any atom is 0.155 e. The van der Waals surface area contributed by atoms with Gasteiger partial charge in [0.1, 0.15) is 5.82 Å². The summed E-state index contributed by atoms with van der Waals surface area (Å²) in [5.41, 5.74) is 9.10. The minimum absolute atomic E-state index is 0.337. The van der Waals surface area contributed by atoms with E-state index in [1.165, 1.54) is 5.56 Å². The standard InChI is InChI=1S/C22H25N5/c1-15-5-11-20-19(14-15)22(25-18-8-6-16(23)7-9-18)27-21(26-20)12-10-17-4-2-3-13-24-17/h2-5,10-14,16,18H,6-9,23H2,1H3,(H,25,26,27)/b12-10-. The molecule has 2 aromatic heterocycles. The molecule has 0 atom stereocenters. The van der Waals surface area contributed by atoms with Crippen LogP contribution in [0, 0.1) is 6.92 Å². The lowest BCUT2D eigenvalue weighted by atomic mass is 9.92. The molecule has 27 heavy (non-hydrogen) atoms. The van der Waals surface area contributed by atoms with Crippen LogP contribution in [0.1, 0.15) is 42.8 Å². The Morgan fingerprint density at radius 2 is 1.89 bits per heavy atom. The van der Waals surface area contributed by atoms with Crippen molar-refractivity contribution in [3.63, 3.8) is 0 Å². The van der Waals surface area contributed by atoms with Crippen LogP contribution in [0.5, 0.6) is 0 Å². The number of aryl methyl sites for hydroxylation is 1. The Labute approximate surface area is 159 Å². The second kappa shape index (κ2) is 7.84. The van der Waals surface area contributed by atoms with Crippen molar-refractivity contribution in [2.75, 3.05) is 5.32 Å². The van der Waals surface area contributed by atoms with Crippen LogP contribution in [0.4, 0.5) is 5.82 Å². The Balaban J connectivity index is 1.67. The highest BCUT2D eigenvalue weighted by Gasteiger charge is 2.19. The van der Waals surface area contributed by atoms with Crippen molar-refractivity contribution < 1.29 is 0 Å². The summed E-state index contributed by atoms with van der Waals surface area (Å²) >= 11 is 0. The van der Waals surface area contributed by atoms with E-state index in [4.69, 9.17) is 15.7 Å². The Kier molecular flexibility index (Phi) is 5.12. The lowest BCUT2D eigenvalue weighted by Gasteiger charge is -2.27. The third-order valence-corrected chi connectivity index (χ3v) is 5.07. The fraction of sp³-hybridized carbons (Fsp3) is 0.318. The predicted molar refractivity (Wildman–Crippen MR) is 111 cm³/mol. The summed E-state index contributed by atoms with van der Waals surface area (Å²) in [5, 5.41) is 4.72. The summed E-state index contributed by atoms with van der Waals surface area (Å²) in [6, 6.07) is 12.9. The van der Waals surface area contributed by atoms with Crippen molar-refractivity contribution in [1.82, 2.24) is 15.0 Å². The summed E-state index contributed by atoms with van der Waals surface area (Å²) in [4.78, 5) is 13.8. The zero-order chi connectivity index (χ0) is 18.6. The molecule has 0 aliphatic heterocycles. The summed E-state index contributed by atoms with van der Waals surface area (Å²) in [7, 11) is 0. The molecule has 3 aromatic rings. The number of anilines is 1. The second-order valence-electron chi connectivity index (χ2n) is 7.29. The predicted octanol–water partition coefficient (Wildman–Crippen LogP) is 4.19. The number of hydrogen-bond acceptors (Lipinski definition) is 5. The molecular weight excluding hydrogens is 334 g/mol. The fourth-order valence-corrected chi connectivity index (χ4v) is 3.54. The summed E-state index contributed by atoms with van der Waals surface area (Å²) in [5.74, 6) is 1.59. The Morgan fingerprint density at radius 1 is 1.04 bits per heavy atom. The maximum atomic E-state index is 6.05. The van der Waals surface area contributed by atoms with E-state index in [9.17, 15) is 0 Å². The SMILES string of the molecule is Cc1ccc2nc(/C=C\c3ccccn3)nc(NC3CCC(N)CC3)c2c1. The number of fused-ring (bicyclic) bond motifs is 1. The maximum absolute atomic E-state index is 6.05. The highest BCUT2D eigenvalue weighted by atomic mass is 15.1. The lowest BCUT2D eigenvalue weighted by molar-refractivity contribution is 0.410. The molecule has 0 bridgehead atoms. The van der Waals surface area contributed by atoms with Crippen LogP contribution in [0.3, 0.4) is 0 Å². The number of nitrogens with zero attached hydrogens (tertiary/aromatic N) is 3. The van der Waals surface area contributed by atoms with Gasteiger partial charge in [0.05, 0.1) is 11.2 Å². The van der Waals surface area contributed by atoms with Crippen LogP contribution >= 0.6 is 0 Å². The van der Waals surface area contributed by atoms with Crippen molar-refractivity contribution in [1.29, 1.82) is 0 Å². The minimum Gasteiger partial charge on any atom is -0.367 e. The van der Waals surface area contributed by atoms with E-state index < -0.39 is 0 Å².